The third kappa shape index (κ3) is 7.49. The number of carbonyl (C=O) groups is 3. The molecule has 8 nitrogen and oxygen atoms in total. The van der Waals surface area contributed by atoms with E-state index in [-0.39, 0.29) is 37.6 Å². The maximum absolute atomic E-state index is 11.9. The summed E-state index contributed by atoms with van der Waals surface area (Å²) in [4.78, 5) is 35.1. The third-order valence-electron chi connectivity index (χ3n) is 3.27. The fourth-order valence-electron chi connectivity index (χ4n) is 1.99. The van der Waals surface area contributed by atoms with Crippen LogP contribution in [0.4, 0.5) is 5.69 Å². The van der Waals surface area contributed by atoms with Crippen molar-refractivity contribution < 1.29 is 19.1 Å². The van der Waals surface area contributed by atoms with Crippen LogP contribution in [-0.2, 0) is 19.1 Å². The number of hydrogen-bond donors (Lipinski definition) is 4. The van der Waals surface area contributed by atoms with Crippen molar-refractivity contribution in [3.63, 3.8) is 0 Å². The van der Waals surface area contributed by atoms with Crippen LogP contribution in [0.2, 0.25) is 0 Å². The van der Waals surface area contributed by atoms with E-state index in [0.717, 1.165) is 0 Å². The van der Waals surface area contributed by atoms with Gasteiger partial charge in [0, 0.05) is 24.1 Å². The molecule has 0 aliphatic heterocycles. The highest BCUT2D eigenvalue weighted by Crippen LogP contribution is 2.10. The lowest BCUT2D eigenvalue weighted by atomic mass is 10.2. The lowest BCUT2D eigenvalue weighted by Gasteiger charge is -2.12. The summed E-state index contributed by atoms with van der Waals surface area (Å²) >= 11 is 0. The molecule has 0 unspecified atom stereocenters. The number of amides is 2. The van der Waals surface area contributed by atoms with Gasteiger partial charge in [-0.2, -0.15) is 0 Å². The average molecular weight is 358 g/mol. The van der Waals surface area contributed by atoms with Crippen LogP contribution in [0.5, 0.6) is 0 Å². The van der Waals surface area contributed by atoms with E-state index in [1.54, 1.807) is 31.2 Å². The second kappa shape index (κ2) is 10.5. The van der Waals surface area contributed by atoms with Gasteiger partial charge in [0.1, 0.15) is 11.9 Å². The molecular formula is C18H22N4O4. The number of hydrogen-bond acceptors (Lipinski definition) is 5. The Kier molecular flexibility index (Phi) is 8.37. The fraction of sp³-hybridized carbons (Fsp3) is 0.333. The highest BCUT2D eigenvalue weighted by atomic mass is 16.5. The maximum Gasteiger partial charge on any atom is 0.308 e. The summed E-state index contributed by atoms with van der Waals surface area (Å²) in [6, 6.07) is 5.67. The normalized spacial score (nSPS) is 10.9. The zero-order valence-corrected chi connectivity index (χ0v) is 14.5. The summed E-state index contributed by atoms with van der Waals surface area (Å²) in [5.74, 6) is 0.961. The molecule has 0 aromatic heterocycles. The number of anilines is 1. The first-order chi connectivity index (χ1) is 12.3. The van der Waals surface area contributed by atoms with Gasteiger partial charge in [-0.15, -0.1) is 6.42 Å². The molecule has 8 heteroatoms. The van der Waals surface area contributed by atoms with Crippen molar-refractivity contribution in [3.05, 3.63) is 29.8 Å². The minimum absolute atomic E-state index is 0.0447. The molecule has 0 saturated heterocycles. The van der Waals surface area contributed by atoms with Gasteiger partial charge in [0.15, 0.2) is 0 Å². The monoisotopic (exact) mass is 358 g/mol. The number of esters is 1. The number of rotatable bonds is 9. The number of benzene rings is 1. The molecule has 0 saturated carbocycles. The first-order valence-electron chi connectivity index (χ1n) is 8.01. The Labute approximate surface area is 152 Å². The van der Waals surface area contributed by atoms with Gasteiger partial charge >= 0.3 is 5.97 Å². The van der Waals surface area contributed by atoms with Crippen LogP contribution in [0, 0.1) is 17.8 Å². The molecule has 1 rings (SSSR count). The summed E-state index contributed by atoms with van der Waals surface area (Å²) < 4.78 is 4.77. The average Bonchev–Trinajstić information content (AvgIpc) is 2.60. The molecule has 138 valence electrons. The molecule has 0 heterocycles. The Morgan fingerprint density at radius 1 is 1.23 bits per heavy atom. The summed E-state index contributed by atoms with van der Waals surface area (Å²) in [5.41, 5.74) is 6.43. The van der Waals surface area contributed by atoms with Crippen LogP contribution in [0.1, 0.15) is 31.7 Å². The maximum atomic E-state index is 11.9. The van der Waals surface area contributed by atoms with Crippen molar-refractivity contribution in [1.82, 2.24) is 5.32 Å². The Hall–Kier alpha value is -3.34. The number of terminal acetylenes is 1. The van der Waals surface area contributed by atoms with Gasteiger partial charge in [-0.05, 0) is 31.2 Å². The Balaban J connectivity index is 2.41. The van der Waals surface area contributed by atoms with Gasteiger partial charge in [-0.3, -0.25) is 19.8 Å². The first-order valence-corrected chi connectivity index (χ1v) is 8.01. The Morgan fingerprint density at radius 2 is 1.85 bits per heavy atom. The predicted molar refractivity (Wildman–Crippen MR) is 97.3 cm³/mol. The van der Waals surface area contributed by atoms with Gasteiger partial charge in [0.25, 0.3) is 0 Å². The van der Waals surface area contributed by atoms with E-state index < -0.39 is 17.9 Å². The van der Waals surface area contributed by atoms with Crippen molar-refractivity contribution >= 4 is 29.3 Å². The number of nitrogens with one attached hydrogen (secondary N) is 3. The second-order valence-corrected chi connectivity index (χ2v) is 5.34. The first kappa shape index (κ1) is 20.7. The Morgan fingerprint density at radius 3 is 2.38 bits per heavy atom. The molecule has 5 N–H and O–H groups in total. The molecule has 1 atom stereocenters. The fourth-order valence-corrected chi connectivity index (χ4v) is 1.99. The number of nitrogens with two attached hydrogens (primary N) is 1. The van der Waals surface area contributed by atoms with Gasteiger partial charge < -0.3 is 21.1 Å². The molecular weight excluding hydrogens is 336 g/mol. The standard InChI is InChI=1S/C18H22N4O4/c1-3-13(11-17(25)26-4-2)21-15(23)9-10-16(24)22-14-7-5-12(6-8-14)18(19)20/h1,5-8,13H,4,9-11H2,2H3,(H3,19,20)(H,21,23)(H,22,24)/t13-/m0/s1. The van der Waals surface area contributed by atoms with Crippen LogP contribution < -0.4 is 16.4 Å². The van der Waals surface area contributed by atoms with Crippen LogP contribution >= 0.6 is 0 Å². The molecule has 1 aromatic carbocycles. The van der Waals surface area contributed by atoms with Crippen molar-refractivity contribution in [2.75, 3.05) is 11.9 Å². The van der Waals surface area contributed by atoms with Crippen molar-refractivity contribution in [3.8, 4) is 12.3 Å². The van der Waals surface area contributed by atoms with Gasteiger partial charge in [-0.25, -0.2) is 0 Å². The zero-order valence-electron chi connectivity index (χ0n) is 14.5. The molecule has 0 spiro atoms. The minimum Gasteiger partial charge on any atom is -0.466 e. The smallest absolute Gasteiger partial charge is 0.308 e. The summed E-state index contributed by atoms with van der Waals surface area (Å²) in [7, 11) is 0. The molecule has 0 fully saturated rings. The van der Waals surface area contributed by atoms with E-state index in [9.17, 15) is 14.4 Å². The molecule has 0 aliphatic rings. The van der Waals surface area contributed by atoms with E-state index in [4.69, 9.17) is 22.3 Å². The van der Waals surface area contributed by atoms with Gasteiger partial charge in [-0.1, -0.05) is 5.92 Å². The van der Waals surface area contributed by atoms with Gasteiger partial charge in [0.2, 0.25) is 11.8 Å². The van der Waals surface area contributed by atoms with Crippen LogP contribution in [0.15, 0.2) is 24.3 Å². The highest BCUT2D eigenvalue weighted by Gasteiger charge is 2.15. The van der Waals surface area contributed by atoms with Crippen LogP contribution in [0.3, 0.4) is 0 Å². The summed E-state index contributed by atoms with van der Waals surface area (Å²) in [5, 5.41) is 12.4. The molecule has 0 aliphatic carbocycles. The van der Waals surface area contributed by atoms with Crippen molar-refractivity contribution in [2.24, 2.45) is 5.73 Å². The van der Waals surface area contributed by atoms with E-state index >= 15 is 0 Å². The predicted octanol–water partition coefficient (Wildman–Crippen LogP) is 0.761. The quantitative estimate of drug-likeness (QED) is 0.224. The SMILES string of the molecule is C#C[C@@H](CC(=O)OCC)NC(=O)CCC(=O)Nc1ccc(C(=N)N)cc1. The Bertz CT molecular complexity index is 707. The number of nitrogen functional groups attached to an aromatic ring is 1. The zero-order chi connectivity index (χ0) is 19.5. The molecule has 2 amide bonds. The van der Waals surface area contributed by atoms with Crippen LogP contribution in [0.25, 0.3) is 0 Å². The second-order valence-electron chi connectivity index (χ2n) is 5.34. The molecule has 1 aromatic rings. The largest absolute Gasteiger partial charge is 0.466 e. The highest BCUT2D eigenvalue weighted by molar-refractivity contribution is 5.96. The third-order valence-corrected chi connectivity index (χ3v) is 3.27. The van der Waals surface area contributed by atoms with Crippen molar-refractivity contribution in [1.29, 1.82) is 5.41 Å². The van der Waals surface area contributed by atoms with E-state index in [2.05, 4.69) is 16.6 Å². The van der Waals surface area contributed by atoms with Crippen LogP contribution in [-0.4, -0.2) is 36.3 Å². The van der Waals surface area contributed by atoms with E-state index in [1.165, 1.54) is 0 Å². The number of carbonyl (C=O) groups excluding carboxylic acids is 3. The summed E-state index contributed by atoms with van der Waals surface area (Å²) in [6.07, 6.45) is 5.05. The molecule has 0 bridgehead atoms. The number of ether oxygens (including phenoxy) is 1. The lowest BCUT2D eigenvalue weighted by Crippen LogP contribution is -2.36. The molecule has 0 radical (unpaired) electrons. The van der Waals surface area contributed by atoms with Gasteiger partial charge in [0.05, 0.1) is 13.0 Å². The summed E-state index contributed by atoms with van der Waals surface area (Å²) in [6.45, 7) is 1.91. The minimum atomic E-state index is -0.774. The number of amidine groups is 1. The molecule has 26 heavy (non-hydrogen) atoms. The van der Waals surface area contributed by atoms with Crippen molar-refractivity contribution in [2.45, 2.75) is 32.2 Å². The topological polar surface area (TPSA) is 134 Å². The van der Waals surface area contributed by atoms with E-state index in [1.807, 2.05) is 0 Å². The lowest BCUT2D eigenvalue weighted by molar-refractivity contribution is -0.143. The van der Waals surface area contributed by atoms with E-state index in [0.29, 0.717) is 11.3 Å².